The summed E-state index contributed by atoms with van der Waals surface area (Å²) >= 11 is 0. The fourth-order valence-corrected chi connectivity index (χ4v) is 4.14. The molecule has 2 aromatic carbocycles. The van der Waals surface area contributed by atoms with Crippen LogP contribution in [0.5, 0.6) is 11.5 Å². The van der Waals surface area contributed by atoms with E-state index in [-0.39, 0.29) is 17.9 Å². The first-order chi connectivity index (χ1) is 16.4. The maximum absolute atomic E-state index is 12.4. The average molecular weight is 484 g/mol. The molecule has 0 radical (unpaired) electrons. The third kappa shape index (κ3) is 5.91. The topological polar surface area (TPSA) is 101 Å². The van der Waals surface area contributed by atoms with Crippen molar-refractivity contribution < 1.29 is 17.9 Å². The number of aromatic nitrogens is 1. The molecule has 0 unspecified atom stereocenters. The van der Waals surface area contributed by atoms with Crippen LogP contribution in [0.4, 0.5) is 17.1 Å². The molecule has 0 aliphatic heterocycles. The fraction of sp³-hybridized carbons (Fsp3) is 0.320. The lowest BCUT2D eigenvalue weighted by molar-refractivity contribution is 0.280. The minimum atomic E-state index is -3.43. The smallest absolute Gasteiger partial charge is 0.252 e. The van der Waals surface area contributed by atoms with Crippen LogP contribution in [0.2, 0.25) is 0 Å². The summed E-state index contributed by atoms with van der Waals surface area (Å²) in [6.45, 7) is 2.49. The van der Waals surface area contributed by atoms with Crippen molar-refractivity contribution in [3.05, 3.63) is 76.7 Å². The van der Waals surface area contributed by atoms with Gasteiger partial charge in [-0.25, -0.2) is 8.42 Å². The number of ether oxygens (including phenoxy) is 2. The molecule has 1 aliphatic rings. The van der Waals surface area contributed by atoms with Crippen molar-refractivity contribution in [2.45, 2.75) is 26.3 Å². The summed E-state index contributed by atoms with van der Waals surface area (Å²) in [6.07, 6.45) is 3.93. The van der Waals surface area contributed by atoms with Crippen molar-refractivity contribution in [1.29, 1.82) is 0 Å². The lowest BCUT2D eigenvalue weighted by Gasteiger charge is -2.26. The molecule has 8 nitrogen and oxygen atoms in total. The molecule has 9 heteroatoms. The zero-order valence-corrected chi connectivity index (χ0v) is 20.1. The molecule has 0 amide bonds. The van der Waals surface area contributed by atoms with Crippen molar-refractivity contribution in [2.24, 2.45) is 5.92 Å². The molecule has 4 rings (SSSR count). The van der Waals surface area contributed by atoms with E-state index in [0.29, 0.717) is 35.3 Å². The van der Waals surface area contributed by atoms with Gasteiger partial charge in [0.25, 0.3) is 5.56 Å². The molecule has 0 saturated heterocycles. The first-order valence-corrected chi connectivity index (χ1v) is 12.9. The summed E-state index contributed by atoms with van der Waals surface area (Å²) in [5.74, 6) is 1.81. The van der Waals surface area contributed by atoms with E-state index < -0.39 is 10.0 Å². The monoisotopic (exact) mass is 483 g/mol. The second-order valence-electron chi connectivity index (χ2n) is 8.26. The van der Waals surface area contributed by atoms with Crippen LogP contribution in [-0.4, -0.2) is 32.9 Å². The number of aromatic amines is 1. The van der Waals surface area contributed by atoms with E-state index in [4.69, 9.17) is 9.47 Å². The molecule has 34 heavy (non-hydrogen) atoms. The summed E-state index contributed by atoms with van der Waals surface area (Å²) in [5, 5.41) is 0. The maximum Gasteiger partial charge on any atom is 0.252 e. The first kappa shape index (κ1) is 23.7. The number of nitrogens with one attached hydrogen (secondary N) is 2. The SMILES string of the molecule is CCS(=O)(=O)Nc1cccc(N(Cc2ccc[nH]c2=O)c2ccc(OC)c(OCC3CC3)c2)c1. The van der Waals surface area contributed by atoms with Gasteiger partial charge in [-0.15, -0.1) is 0 Å². The Morgan fingerprint density at radius 2 is 1.85 bits per heavy atom. The largest absolute Gasteiger partial charge is 0.493 e. The number of sulfonamides is 1. The number of hydrogen-bond acceptors (Lipinski definition) is 6. The summed E-state index contributed by atoms with van der Waals surface area (Å²) in [4.78, 5) is 17.1. The molecule has 0 atom stereocenters. The number of benzene rings is 2. The zero-order valence-electron chi connectivity index (χ0n) is 19.3. The van der Waals surface area contributed by atoms with Crippen molar-refractivity contribution in [1.82, 2.24) is 4.98 Å². The quantitative estimate of drug-likeness (QED) is 0.422. The predicted octanol–water partition coefficient (Wildman–Crippen LogP) is 4.27. The Bertz CT molecular complexity index is 1300. The minimum absolute atomic E-state index is 0.0273. The van der Waals surface area contributed by atoms with Gasteiger partial charge in [0.05, 0.1) is 31.7 Å². The zero-order chi connectivity index (χ0) is 24.1. The van der Waals surface area contributed by atoms with Crippen LogP contribution in [0.25, 0.3) is 0 Å². The average Bonchev–Trinajstić information content (AvgIpc) is 3.66. The number of pyridine rings is 1. The first-order valence-electron chi connectivity index (χ1n) is 11.2. The molecule has 3 aromatic rings. The van der Waals surface area contributed by atoms with Gasteiger partial charge < -0.3 is 19.4 Å². The Morgan fingerprint density at radius 3 is 2.56 bits per heavy atom. The second kappa shape index (κ2) is 10.2. The Labute approximate surface area is 199 Å². The normalized spacial score (nSPS) is 13.4. The molecule has 0 bridgehead atoms. The molecule has 1 aromatic heterocycles. The Kier molecular flexibility index (Phi) is 7.12. The molecule has 0 spiro atoms. The number of H-pyrrole nitrogens is 1. The summed E-state index contributed by atoms with van der Waals surface area (Å²) in [6, 6.07) is 16.3. The molecule has 1 heterocycles. The minimum Gasteiger partial charge on any atom is -0.493 e. The van der Waals surface area contributed by atoms with Crippen molar-refractivity contribution in [3.8, 4) is 11.5 Å². The number of hydrogen-bond donors (Lipinski definition) is 2. The lowest BCUT2D eigenvalue weighted by Crippen LogP contribution is -2.23. The summed E-state index contributed by atoms with van der Waals surface area (Å²) in [5.41, 5.74) is 2.33. The standard InChI is InChI=1S/C25H29N3O5S/c1-3-34(30,31)27-20-7-4-8-21(14-20)28(16-19-6-5-13-26-25(19)29)22-11-12-23(32-2)24(15-22)33-17-18-9-10-18/h4-8,11-15,18,27H,3,9-10,16-17H2,1-2H3,(H,26,29). The van der Waals surface area contributed by atoms with E-state index in [1.807, 2.05) is 29.2 Å². The second-order valence-corrected chi connectivity index (χ2v) is 10.3. The third-order valence-corrected chi connectivity index (χ3v) is 6.98. The lowest BCUT2D eigenvalue weighted by atomic mass is 10.1. The van der Waals surface area contributed by atoms with Gasteiger partial charge in [-0.1, -0.05) is 12.1 Å². The summed E-state index contributed by atoms with van der Waals surface area (Å²) in [7, 11) is -1.83. The number of methoxy groups -OCH3 is 1. The van der Waals surface area contributed by atoms with Crippen molar-refractivity contribution >= 4 is 27.1 Å². The molecule has 180 valence electrons. The van der Waals surface area contributed by atoms with Gasteiger partial charge in [0, 0.05) is 29.2 Å². The number of anilines is 3. The van der Waals surface area contributed by atoms with Crippen LogP contribution in [-0.2, 0) is 16.6 Å². The van der Waals surface area contributed by atoms with Crippen LogP contribution in [0.15, 0.2) is 65.6 Å². The molecule has 1 aliphatic carbocycles. The van der Waals surface area contributed by atoms with E-state index in [1.54, 1.807) is 50.6 Å². The van der Waals surface area contributed by atoms with E-state index >= 15 is 0 Å². The van der Waals surface area contributed by atoms with Gasteiger partial charge in [-0.3, -0.25) is 9.52 Å². The highest BCUT2D eigenvalue weighted by Crippen LogP contribution is 2.38. The third-order valence-electron chi connectivity index (χ3n) is 5.67. The molecular formula is C25H29N3O5S. The highest BCUT2D eigenvalue weighted by atomic mass is 32.2. The fourth-order valence-electron chi connectivity index (χ4n) is 3.51. The van der Waals surface area contributed by atoms with E-state index in [0.717, 1.165) is 11.4 Å². The van der Waals surface area contributed by atoms with Crippen LogP contribution >= 0.6 is 0 Å². The highest BCUT2D eigenvalue weighted by molar-refractivity contribution is 7.92. The van der Waals surface area contributed by atoms with Crippen LogP contribution in [0.3, 0.4) is 0 Å². The van der Waals surface area contributed by atoms with E-state index in [1.165, 1.54) is 12.8 Å². The van der Waals surface area contributed by atoms with Crippen molar-refractivity contribution in [2.75, 3.05) is 29.1 Å². The highest BCUT2D eigenvalue weighted by Gasteiger charge is 2.23. The molecular weight excluding hydrogens is 454 g/mol. The Balaban J connectivity index is 1.74. The predicted molar refractivity (Wildman–Crippen MR) is 134 cm³/mol. The molecule has 2 N–H and O–H groups in total. The number of rotatable bonds is 11. The van der Waals surface area contributed by atoms with E-state index in [2.05, 4.69) is 9.71 Å². The summed E-state index contributed by atoms with van der Waals surface area (Å²) < 4.78 is 38.3. The van der Waals surface area contributed by atoms with Gasteiger partial charge in [0.15, 0.2) is 11.5 Å². The van der Waals surface area contributed by atoms with Gasteiger partial charge in [0.2, 0.25) is 10.0 Å². The van der Waals surface area contributed by atoms with Crippen molar-refractivity contribution in [3.63, 3.8) is 0 Å². The number of nitrogens with zero attached hydrogens (tertiary/aromatic N) is 1. The van der Waals surface area contributed by atoms with Gasteiger partial charge in [-0.2, -0.15) is 0 Å². The molecule has 1 fully saturated rings. The van der Waals surface area contributed by atoms with Crippen LogP contribution < -0.4 is 24.7 Å². The maximum atomic E-state index is 12.4. The Morgan fingerprint density at radius 1 is 1.06 bits per heavy atom. The van der Waals surface area contributed by atoms with Gasteiger partial charge in [0.1, 0.15) is 0 Å². The Hall–Kier alpha value is -3.46. The van der Waals surface area contributed by atoms with E-state index in [9.17, 15) is 13.2 Å². The molecule has 1 saturated carbocycles. The van der Waals surface area contributed by atoms with Crippen LogP contribution in [0.1, 0.15) is 25.3 Å². The van der Waals surface area contributed by atoms with Gasteiger partial charge >= 0.3 is 0 Å². The van der Waals surface area contributed by atoms with Gasteiger partial charge in [-0.05, 0) is 62.1 Å². The van der Waals surface area contributed by atoms with Crippen LogP contribution in [0, 0.1) is 5.92 Å².